The van der Waals surface area contributed by atoms with E-state index in [4.69, 9.17) is 37.4 Å². The molecule has 0 spiro atoms. The van der Waals surface area contributed by atoms with E-state index in [0.29, 0.717) is 0 Å². The summed E-state index contributed by atoms with van der Waals surface area (Å²) < 4.78 is 174. The molecule has 8 bridgehead atoms. The highest BCUT2D eigenvalue weighted by molar-refractivity contribution is 6.35. The molecule has 226 valence electrons. The van der Waals surface area contributed by atoms with Crippen LogP contribution in [0.15, 0.2) is 191 Å². The highest BCUT2D eigenvalue weighted by atomic mass is 14.8. The molecule has 2 N–H and O–H groups in total. The zero-order valence-corrected chi connectivity index (χ0v) is 24.5. The first-order chi connectivity index (χ1) is 32.1. The number of H-pyrrole nitrogens is 2. The van der Waals surface area contributed by atoms with Gasteiger partial charge in [0.2, 0.25) is 0 Å². The lowest BCUT2D eigenvalue weighted by atomic mass is 9.97. The van der Waals surface area contributed by atoms with Crippen molar-refractivity contribution in [1.82, 2.24) is 9.97 Å². The first-order valence-corrected chi connectivity index (χ1v) is 14.5. The smallest absolute Gasteiger partial charge is 0.0738 e. The van der Waals surface area contributed by atoms with Crippen molar-refractivity contribution in [3.8, 4) is 0 Å². The molecule has 5 heterocycles. The largest absolute Gasteiger partial charge is 0.360 e. The molecule has 0 saturated heterocycles. The summed E-state index contributed by atoms with van der Waals surface area (Å²) >= 11 is 0. The number of aromatic nitrogens is 2. The fourth-order valence-corrected chi connectivity index (χ4v) is 5.77. The standard InChI is InChI=1S/C44H30N4/c1-5-13-29(14-6-1)41-33-27-40(45-28-33)44(32-19-11-4-12-20-32)39-26-25-38(48-39)43(31-17-9-3-10-18-31)37-24-23-36(47-37)42(30-15-7-2-8-16-30)35-22-21-34(41)46-35/h1-28,45-46H/i1D,2D,3D,4D,5D,6D,7D,8D,9D,10D,11D,12D,13D,14D,15D,16D,17D,18D,19D,20D. The van der Waals surface area contributed by atoms with Crippen molar-refractivity contribution in [2.24, 2.45) is 9.98 Å². The highest BCUT2D eigenvalue weighted by Gasteiger charge is 2.24. The maximum atomic E-state index is 9.05. The number of nitrogens with one attached hydrogen (secondary N) is 2. The fourth-order valence-electron chi connectivity index (χ4n) is 5.77. The number of nitrogens with zero attached hydrogens (tertiary/aromatic N) is 2. The van der Waals surface area contributed by atoms with Gasteiger partial charge in [0.25, 0.3) is 0 Å². The van der Waals surface area contributed by atoms with Gasteiger partial charge in [0.05, 0.1) is 50.2 Å². The van der Waals surface area contributed by atoms with E-state index < -0.39 is 121 Å². The molecule has 48 heavy (non-hydrogen) atoms. The number of benzene rings is 4. The van der Waals surface area contributed by atoms with Gasteiger partial charge in [0, 0.05) is 50.4 Å². The molecule has 4 heteroatoms. The van der Waals surface area contributed by atoms with Crippen molar-refractivity contribution in [2.75, 3.05) is 0 Å². The molecule has 0 amide bonds. The lowest BCUT2D eigenvalue weighted by molar-refractivity contribution is 1.24. The van der Waals surface area contributed by atoms with E-state index in [-0.39, 0.29) is 89.3 Å². The number of allylic oxidation sites excluding steroid dienone is 5. The zero-order valence-electron chi connectivity index (χ0n) is 44.5. The van der Waals surface area contributed by atoms with Gasteiger partial charge in [-0.1, -0.05) is 121 Å². The van der Waals surface area contributed by atoms with Crippen molar-refractivity contribution in [3.05, 3.63) is 225 Å². The summed E-state index contributed by atoms with van der Waals surface area (Å²) in [7, 11) is 0. The molecular weight excluding hydrogens is 585 g/mol. The van der Waals surface area contributed by atoms with Gasteiger partial charge in [-0.25, -0.2) is 9.98 Å². The summed E-state index contributed by atoms with van der Waals surface area (Å²) in [6, 6.07) is -8.81. The zero-order chi connectivity index (χ0) is 49.3. The topological polar surface area (TPSA) is 56.3 Å². The Kier molecular flexibility index (Phi) is 3.43. The molecular formula is C44H30N4. The summed E-state index contributed by atoms with van der Waals surface area (Å²) in [5, 5.41) is 0.137. The van der Waals surface area contributed by atoms with E-state index in [1.807, 2.05) is 0 Å². The third kappa shape index (κ3) is 4.88. The predicted octanol–water partition coefficient (Wildman–Crippen LogP) is 8.00. The first-order valence-electron chi connectivity index (χ1n) is 24.5. The van der Waals surface area contributed by atoms with Crippen molar-refractivity contribution < 1.29 is 27.4 Å². The van der Waals surface area contributed by atoms with E-state index in [0.717, 1.165) is 0 Å². The second-order valence-electron chi connectivity index (χ2n) is 10.5. The van der Waals surface area contributed by atoms with Crippen molar-refractivity contribution in [2.45, 2.75) is 0 Å². The van der Waals surface area contributed by atoms with Crippen LogP contribution < -0.4 is 10.7 Å². The van der Waals surface area contributed by atoms with Gasteiger partial charge in [-0.15, -0.1) is 0 Å². The predicted molar refractivity (Wildman–Crippen MR) is 197 cm³/mol. The molecule has 9 rings (SSSR count). The average Bonchev–Trinajstić information content (AvgIpc) is 4.18. The van der Waals surface area contributed by atoms with Crippen LogP contribution in [0.3, 0.4) is 0 Å². The molecule has 6 aromatic rings. The minimum absolute atomic E-state index is 0.00668. The van der Waals surface area contributed by atoms with E-state index in [2.05, 4.69) is 9.97 Å². The summed E-state index contributed by atoms with van der Waals surface area (Å²) in [6.45, 7) is 0. The van der Waals surface area contributed by atoms with Crippen LogP contribution in [-0.4, -0.2) is 21.4 Å². The second kappa shape index (κ2) is 11.7. The van der Waals surface area contributed by atoms with Gasteiger partial charge in [-0.3, -0.25) is 0 Å². The SMILES string of the molecule is [2H]c1c([2H])c([2H])c(C2=C3C=CC(=N3)C(c3c([2H])c([2H])c([2H])c([2H])c3[2H])=c3ccc([nH]3)=C(c3c([2H])c([2H])c([2H])c([2H])c3[2H])c3c[nH]c(c3)C(c3c([2H])c([2H])c([2H])c([2H])c3[2H])=C3C=CC2=N3)c([2H])c1[2H]. The number of aliphatic imine (C=N–C) groups is 2. The molecule has 2 aromatic heterocycles. The summed E-state index contributed by atoms with van der Waals surface area (Å²) in [5.41, 5.74) is -1.58. The van der Waals surface area contributed by atoms with E-state index in [1.54, 1.807) is 0 Å². The van der Waals surface area contributed by atoms with Crippen molar-refractivity contribution in [1.29, 1.82) is 0 Å². The minimum Gasteiger partial charge on any atom is -0.360 e. The Morgan fingerprint density at radius 3 is 1.44 bits per heavy atom. The maximum absolute atomic E-state index is 9.05. The lowest BCUT2D eigenvalue weighted by Gasteiger charge is -2.11. The number of fused-ring (bicyclic) bond motifs is 6. The summed E-state index contributed by atoms with van der Waals surface area (Å²) in [4.78, 5) is 16.0. The maximum Gasteiger partial charge on any atom is 0.0738 e. The average molecular weight is 635 g/mol. The third-order valence-corrected chi connectivity index (χ3v) is 7.77. The lowest BCUT2D eigenvalue weighted by Crippen LogP contribution is -2.19. The monoisotopic (exact) mass is 634 g/mol. The van der Waals surface area contributed by atoms with Crippen molar-refractivity contribution >= 4 is 33.7 Å². The molecule has 3 aliphatic heterocycles. The molecule has 0 unspecified atom stereocenters. The van der Waals surface area contributed by atoms with Gasteiger partial charge >= 0.3 is 0 Å². The molecule has 3 aliphatic rings. The quantitative estimate of drug-likeness (QED) is 0.198. The first kappa shape index (κ1) is 14.1. The van der Waals surface area contributed by atoms with Crippen LogP contribution in [0.25, 0.3) is 22.3 Å². The van der Waals surface area contributed by atoms with E-state index in [9.17, 15) is 0 Å². The second-order valence-corrected chi connectivity index (χ2v) is 10.5. The summed E-state index contributed by atoms with van der Waals surface area (Å²) in [6.07, 6.45) is 7.07. The highest BCUT2D eigenvalue weighted by Crippen LogP contribution is 2.36. The van der Waals surface area contributed by atoms with Crippen LogP contribution in [0.1, 0.15) is 60.9 Å². The number of aromatic amines is 2. The fraction of sp³-hybridized carbons (Fsp3) is 0. The van der Waals surface area contributed by atoms with E-state index in [1.165, 1.54) is 48.7 Å². The van der Waals surface area contributed by atoms with Gasteiger partial charge < -0.3 is 9.97 Å². The molecule has 0 aliphatic carbocycles. The van der Waals surface area contributed by atoms with Crippen molar-refractivity contribution in [3.63, 3.8) is 0 Å². The Bertz CT molecular complexity index is 3560. The Morgan fingerprint density at radius 1 is 0.438 bits per heavy atom. The molecule has 4 nitrogen and oxygen atoms in total. The van der Waals surface area contributed by atoms with Crippen LogP contribution >= 0.6 is 0 Å². The van der Waals surface area contributed by atoms with Crippen LogP contribution in [0.5, 0.6) is 0 Å². The number of hydrogen-bond acceptors (Lipinski definition) is 2. The number of rotatable bonds is 4. The van der Waals surface area contributed by atoms with Crippen LogP contribution in [0, 0.1) is 0 Å². The molecule has 0 fully saturated rings. The van der Waals surface area contributed by atoms with E-state index >= 15 is 0 Å². The van der Waals surface area contributed by atoms with Gasteiger partial charge in [0.1, 0.15) is 0 Å². The van der Waals surface area contributed by atoms with Gasteiger partial charge in [-0.05, 0) is 64.8 Å². The molecule has 0 saturated carbocycles. The van der Waals surface area contributed by atoms with Gasteiger partial charge in [0.15, 0.2) is 0 Å². The third-order valence-electron chi connectivity index (χ3n) is 7.77. The van der Waals surface area contributed by atoms with Crippen LogP contribution in [0.2, 0.25) is 0 Å². The summed E-state index contributed by atoms with van der Waals surface area (Å²) in [5.74, 6) is 0. The normalized spacial score (nSPS) is 21.2. The molecule has 0 radical (unpaired) electrons. The molecule has 4 aromatic carbocycles. The van der Waals surface area contributed by atoms with Crippen LogP contribution in [-0.2, 0) is 0 Å². The number of hydrogen-bond donors (Lipinski definition) is 2. The Morgan fingerprint density at radius 2 is 0.875 bits per heavy atom. The molecule has 0 atom stereocenters. The Hall–Kier alpha value is -6.52. The van der Waals surface area contributed by atoms with Gasteiger partial charge in [-0.2, -0.15) is 0 Å². The Labute approximate surface area is 306 Å². The van der Waals surface area contributed by atoms with Crippen LogP contribution in [0.4, 0.5) is 0 Å². The minimum atomic E-state index is -0.694. The Balaban J connectivity index is 1.54.